The van der Waals surface area contributed by atoms with E-state index in [1.807, 2.05) is 6.07 Å². The van der Waals surface area contributed by atoms with Gasteiger partial charge in [-0.3, -0.25) is 4.79 Å². The number of benzene rings is 2. The maximum atomic E-state index is 13.3. The van der Waals surface area contributed by atoms with Gasteiger partial charge in [0, 0.05) is 23.9 Å². The minimum atomic E-state index is -0.312. The number of nitrogens with one attached hydrogen (secondary N) is 1. The molecule has 0 spiro atoms. The highest BCUT2D eigenvalue weighted by Gasteiger charge is 2.17. The number of likely N-dealkylation sites (tertiary alicyclic amines) is 1. The summed E-state index contributed by atoms with van der Waals surface area (Å²) in [6.45, 7) is 5.76. The lowest BCUT2D eigenvalue weighted by Gasteiger charge is -2.20. The summed E-state index contributed by atoms with van der Waals surface area (Å²) in [5, 5.41) is 1.06. The Bertz CT molecular complexity index is 956. The molecule has 1 aliphatic rings. The van der Waals surface area contributed by atoms with Crippen LogP contribution in [0.25, 0.3) is 10.9 Å². The van der Waals surface area contributed by atoms with Crippen molar-refractivity contribution < 1.29 is 9.18 Å². The topological polar surface area (TPSA) is 36.1 Å². The van der Waals surface area contributed by atoms with Crippen LogP contribution in [0.3, 0.4) is 0 Å². The predicted octanol–water partition coefficient (Wildman–Crippen LogP) is 4.93. The molecule has 3 nitrogen and oxygen atoms in total. The predicted molar refractivity (Wildman–Crippen MR) is 107 cm³/mol. The summed E-state index contributed by atoms with van der Waals surface area (Å²) < 4.78 is 13.3. The van der Waals surface area contributed by atoms with Gasteiger partial charge in [-0.25, -0.2) is 4.39 Å². The van der Waals surface area contributed by atoms with Gasteiger partial charge in [-0.1, -0.05) is 25.1 Å². The molecule has 2 heterocycles. The maximum absolute atomic E-state index is 13.3. The van der Waals surface area contributed by atoms with E-state index in [0.29, 0.717) is 17.2 Å². The number of carbonyl (C=O) groups is 1. The van der Waals surface area contributed by atoms with Crippen LogP contribution in [-0.2, 0) is 6.42 Å². The number of Topliss-reactive ketones (excluding diaryl/α,β-unsaturated/α-hetero) is 1. The second-order valence-corrected chi connectivity index (χ2v) is 7.67. The molecule has 0 amide bonds. The standard InChI is InChI=1S/C23H25FN2O/c1-16(15-26-9-2-3-10-26)18-7-8-21-19(13-18)14-22(25-21)23(27)12-17-5-4-6-20(24)11-17/h4-8,11,13-14,16,25H,2-3,9-10,12,15H2,1H3/t16-/m1/s1. The van der Waals surface area contributed by atoms with Gasteiger partial charge in [0.25, 0.3) is 0 Å². The van der Waals surface area contributed by atoms with Crippen molar-refractivity contribution in [2.24, 2.45) is 0 Å². The molecule has 27 heavy (non-hydrogen) atoms. The first-order valence-electron chi connectivity index (χ1n) is 9.71. The summed E-state index contributed by atoms with van der Waals surface area (Å²) in [5.74, 6) is 0.130. The second-order valence-electron chi connectivity index (χ2n) is 7.67. The van der Waals surface area contributed by atoms with Crippen LogP contribution >= 0.6 is 0 Å². The van der Waals surface area contributed by atoms with Gasteiger partial charge in [0.1, 0.15) is 5.82 Å². The zero-order valence-corrected chi connectivity index (χ0v) is 15.7. The van der Waals surface area contributed by atoms with Crippen LogP contribution in [0.2, 0.25) is 0 Å². The molecular formula is C23H25FN2O. The number of rotatable bonds is 6. The zero-order chi connectivity index (χ0) is 18.8. The molecular weight excluding hydrogens is 339 g/mol. The van der Waals surface area contributed by atoms with Crippen LogP contribution < -0.4 is 0 Å². The number of aromatic nitrogens is 1. The Morgan fingerprint density at radius 1 is 1.15 bits per heavy atom. The fourth-order valence-electron chi connectivity index (χ4n) is 3.99. The first-order valence-corrected chi connectivity index (χ1v) is 9.71. The van der Waals surface area contributed by atoms with Crippen molar-refractivity contribution in [2.45, 2.75) is 32.1 Å². The molecule has 1 fully saturated rings. The van der Waals surface area contributed by atoms with Crippen LogP contribution in [0.1, 0.15) is 47.3 Å². The second kappa shape index (κ2) is 7.65. The minimum Gasteiger partial charge on any atom is -0.352 e. The summed E-state index contributed by atoms with van der Waals surface area (Å²) in [6.07, 6.45) is 2.81. The molecule has 1 atom stereocenters. The number of hydrogen-bond donors (Lipinski definition) is 1. The third-order valence-corrected chi connectivity index (χ3v) is 5.50. The number of halogens is 1. The molecule has 140 valence electrons. The number of carbonyl (C=O) groups excluding carboxylic acids is 1. The first kappa shape index (κ1) is 17.9. The number of nitrogens with zero attached hydrogens (tertiary/aromatic N) is 1. The van der Waals surface area contributed by atoms with E-state index < -0.39 is 0 Å². The number of hydrogen-bond acceptors (Lipinski definition) is 2. The van der Waals surface area contributed by atoms with Gasteiger partial charge in [-0.2, -0.15) is 0 Å². The Hall–Kier alpha value is -2.46. The summed E-state index contributed by atoms with van der Waals surface area (Å²) in [4.78, 5) is 18.3. The van der Waals surface area contributed by atoms with Crippen molar-refractivity contribution in [2.75, 3.05) is 19.6 Å². The van der Waals surface area contributed by atoms with Gasteiger partial charge in [0.05, 0.1) is 5.69 Å². The molecule has 1 aromatic heterocycles. The summed E-state index contributed by atoms with van der Waals surface area (Å²) in [7, 11) is 0. The fourth-order valence-corrected chi connectivity index (χ4v) is 3.99. The largest absolute Gasteiger partial charge is 0.352 e. The van der Waals surface area contributed by atoms with E-state index in [0.717, 1.165) is 17.4 Å². The minimum absolute atomic E-state index is 0.0246. The van der Waals surface area contributed by atoms with E-state index in [-0.39, 0.29) is 18.0 Å². The van der Waals surface area contributed by atoms with E-state index in [1.54, 1.807) is 12.1 Å². The van der Waals surface area contributed by atoms with E-state index >= 15 is 0 Å². The van der Waals surface area contributed by atoms with Crippen molar-refractivity contribution in [3.63, 3.8) is 0 Å². The Labute approximate surface area is 159 Å². The van der Waals surface area contributed by atoms with Gasteiger partial charge < -0.3 is 9.88 Å². The smallest absolute Gasteiger partial charge is 0.183 e. The molecule has 0 unspecified atom stereocenters. The van der Waals surface area contributed by atoms with Gasteiger partial charge >= 0.3 is 0 Å². The Morgan fingerprint density at radius 2 is 1.96 bits per heavy atom. The lowest BCUT2D eigenvalue weighted by molar-refractivity contribution is 0.0989. The first-order chi connectivity index (χ1) is 13.1. The van der Waals surface area contributed by atoms with Crippen molar-refractivity contribution in [1.82, 2.24) is 9.88 Å². The average Bonchev–Trinajstić information content (AvgIpc) is 3.30. The molecule has 0 saturated carbocycles. The molecule has 1 saturated heterocycles. The zero-order valence-electron chi connectivity index (χ0n) is 15.7. The normalized spacial score (nSPS) is 16.1. The molecule has 3 aromatic rings. The van der Waals surface area contributed by atoms with Gasteiger partial charge in [0.15, 0.2) is 5.78 Å². The monoisotopic (exact) mass is 364 g/mol. The van der Waals surface area contributed by atoms with Crippen molar-refractivity contribution in [3.05, 3.63) is 71.2 Å². The molecule has 0 bridgehead atoms. The van der Waals surface area contributed by atoms with Crippen LogP contribution in [-0.4, -0.2) is 35.3 Å². The summed E-state index contributed by atoms with van der Waals surface area (Å²) >= 11 is 0. The SMILES string of the molecule is C[C@H](CN1CCCC1)c1ccc2[nH]c(C(=O)Cc3cccc(F)c3)cc2c1. The maximum Gasteiger partial charge on any atom is 0.183 e. The lowest BCUT2D eigenvalue weighted by Crippen LogP contribution is -2.24. The summed E-state index contributed by atoms with van der Waals surface area (Å²) in [5.41, 5.74) is 3.55. The van der Waals surface area contributed by atoms with E-state index in [4.69, 9.17) is 0 Å². The van der Waals surface area contributed by atoms with Crippen molar-refractivity contribution in [1.29, 1.82) is 0 Å². The third-order valence-electron chi connectivity index (χ3n) is 5.50. The lowest BCUT2D eigenvalue weighted by atomic mass is 9.99. The van der Waals surface area contributed by atoms with Crippen LogP contribution in [0.15, 0.2) is 48.5 Å². The Kier molecular flexibility index (Phi) is 5.08. The van der Waals surface area contributed by atoms with Crippen LogP contribution in [0, 0.1) is 5.82 Å². The average molecular weight is 364 g/mol. The quantitative estimate of drug-likeness (QED) is 0.630. The van der Waals surface area contributed by atoms with E-state index in [1.165, 1.54) is 43.6 Å². The highest BCUT2D eigenvalue weighted by Crippen LogP contribution is 2.25. The molecule has 1 aliphatic heterocycles. The summed E-state index contributed by atoms with van der Waals surface area (Å²) in [6, 6.07) is 14.5. The fraction of sp³-hybridized carbons (Fsp3) is 0.348. The molecule has 1 N–H and O–H groups in total. The number of ketones is 1. The van der Waals surface area contributed by atoms with Crippen LogP contribution in [0.5, 0.6) is 0 Å². The highest BCUT2D eigenvalue weighted by atomic mass is 19.1. The third kappa shape index (κ3) is 4.11. The Morgan fingerprint density at radius 3 is 2.74 bits per heavy atom. The van der Waals surface area contributed by atoms with Gasteiger partial charge in [0.2, 0.25) is 0 Å². The molecule has 0 radical (unpaired) electrons. The highest BCUT2D eigenvalue weighted by molar-refractivity contribution is 6.00. The van der Waals surface area contributed by atoms with Crippen molar-refractivity contribution in [3.8, 4) is 0 Å². The van der Waals surface area contributed by atoms with Gasteiger partial charge in [-0.15, -0.1) is 0 Å². The number of aromatic amines is 1. The molecule has 2 aromatic carbocycles. The van der Waals surface area contributed by atoms with Crippen LogP contribution in [0.4, 0.5) is 4.39 Å². The molecule has 0 aliphatic carbocycles. The van der Waals surface area contributed by atoms with Gasteiger partial charge in [-0.05, 0) is 73.3 Å². The number of H-pyrrole nitrogens is 1. The van der Waals surface area contributed by atoms with Crippen molar-refractivity contribution >= 4 is 16.7 Å². The number of fused-ring (bicyclic) bond motifs is 1. The van der Waals surface area contributed by atoms with E-state index in [2.05, 4.69) is 35.0 Å². The van der Waals surface area contributed by atoms with E-state index in [9.17, 15) is 9.18 Å². The molecule has 4 rings (SSSR count). The Balaban J connectivity index is 1.50. The molecule has 4 heteroatoms.